The summed E-state index contributed by atoms with van der Waals surface area (Å²) in [6, 6.07) is 3.59. The third-order valence-electron chi connectivity index (χ3n) is 5.84. The van der Waals surface area contributed by atoms with Crippen molar-refractivity contribution >= 4 is 17.5 Å². The molecule has 7 heteroatoms. The van der Waals surface area contributed by atoms with Gasteiger partial charge in [-0.1, -0.05) is 0 Å². The van der Waals surface area contributed by atoms with Gasteiger partial charge in [0.25, 0.3) is 0 Å². The van der Waals surface area contributed by atoms with E-state index in [1.54, 1.807) is 18.5 Å². The molecule has 2 N–H and O–H groups in total. The molecule has 4 rings (SSSR count). The van der Waals surface area contributed by atoms with E-state index in [1.807, 2.05) is 11.0 Å². The van der Waals surface area contributed by atoms with Crippen LogP contribution in [0.5, 0.6) is 0 Å². The highest BCUT2D eigenvalue weighted by Gasteiger charge is 2.42. The molecule has 3 aliphatic rings. The van der Waals surface area contributed by atoms with E-state index in [9.17, 15) is 14.7 Å². The van der Waals surface area contributed by atoms with Crippen LogP contribution in [0.3, 0.4) is 0 Å². The lowest BCUT2D eigenvalue weighted by atomic mass is 9.79. The number of likely N-dealkylation sites (tertiary alicyclic amines) is 1. The van der Waals surface area contributed by atoms with Gasteiger partial charge in [0.05, 0.1) is 36.6 Å². The largest absolute Gasteiger partial charge is 0.393 e. The van der Waals surface area contributed by atoms with Crippen molar-refractivity contribution in [1.82, 2.24) is 9.88 Å². The maximum atomic E-state index is 12.5. The molecule has 140 valence electrons. The average molecular weight is 359 g/mol. The van der Waals surface area contributed by atoms with Crippen molar-refractivity contribution in [3.63, 3.8) is 0 Å². The zero-order valence-electron chi connectivity index (χ0n) is 14.7. The first kappa shape index (κ1) is 17.4. The van der Waals surface area contributed by atoms with Gasteiger partial charge in [-0.3, -0.25) is 14.6 Å². The van der Waals surface area contributed by atoms with Gasteiger partial charge >= 0.3 is 0 Å². The second-order valence-corrected chi connectivity index (χ2v) is 7.69. The minimum absolute atomic E-state index is 0.0317. The molecule has 1 saturated carbocycles. The molecular formula is C19H25N3O4. The molecule has 2 saturated heterocycles. The highest BCUT2D eigenvalue weighted by molar-refractivity contribution is 5.92. The maximum Gasteiger partial charge on any atom is 0.229 e. The molecule has 3 fully saturated rings. The Bertz CT molecular complexity index is 662. The van der Waals surface area contributed by atoms with E-state index < -0.39 is 0 Å². The fourth-order valence-electron chi connectivity index (χ4n) is 4.24. The summed E-state index contributed by atoms with van der Waals surface area (Å²) in [6.45, 7) is 1.78. The quantitative estimate of drug-likeness (QED) is 0.842. The lowest BCUT2D eigenvalue weighted by molar-refractivity contribution is -0.152. The molecule has 0 unspecified atom stereocenters. The first-order valence-electron chi connectivity index (χ1n) is 9.39. The van der Waals surface area contributed by atoms with E-state index in [-0.39, 0.29) is 41.8 Å². The minimum Gasteiger partial charge on any atom is -0.393 e. The first-order chi connectivity index (χ1) is 12.6. The molecule has 1 aromatic heterocycles. The van der Waals surface area contributed by atoms with Crippen LogP contribution in [-0.2, 0) is 14.3 Å². The fourth-order valence-corrected chi connectivity index (χ4v) is 4.24. The predicted molar refractivity (Wildman–Crippen MR) is 94.1 cm³/mol. The maximum absolute atomic E-state index is 12.5. The number of aliphatic hydroxyl groups excluding tert-OH is 1. The Morgan fingerprint density at radius 2 is 2.12 bits per heavy atom. The number of anilines is 1. The summed E-state index contributed by atoms with van der Waals surface area (Å²) in [5.74, 6) is 0.0431. The third kappa shape index (κ3) is 3.59. The van der Waals surface area contributed by atoms with Crippen LogP contribution in [0.4, 0.5) is 5.69 Å². The smallest absolute Gasteiger partial charge is 0.229 e. The van der Waals surface area contributed by atoms with Crippen molar-refractivity contribution in [2.75, 3.05) is 25.0 Å². The van der Waals surface area contributed by atoms with Gasteiger partial charge in [-0.05, 0) is 37.8 Å². The number of ether oxygens (including phenoxy) is 1. The van der Waals surface area contributed by atoms with Gasteiger partial charge in [0.2, 0.25) is 11.8 Å². The Morgan fingerprint density at radius 3 is 2.85 bits per heavy atom. The van der Waals surface area contributed by atoms with E-state index in [2.05, 4.69) is 10.3 Å². The summed E-state index contributed by atoms with van der Waals surface area (Å²) in [5.41, 5.74) is 0.684. The molecule has 2 aliphatic heterocycles. The van der Waals surface area contributed by atoms with Crippen LogP contribution < -0.4 is 5.32 Å². The minimum atomic E-state index is -0.319. The Labute approximate surface area is 152 Å². The van der Waals surface area contributed by atoms with E-state index in [0.717, 1.165) is 12.8 Å². The molecule has 1 aromatic rings. The SMILES string of the molecule is O=C(Nc1cccnc1)[C@@H]1CO[C@@H]2CCN(C(=O)C3CC(O)C3)C[C@@H]2C1. The number of rotatable bonds is 3. The molecular weight excluding hydrogens is 334 g/mol. The summed E-state index contributed by atoms with van der Waals surface area (Å²) in [7, 11) is 0. The number of hydrogen-bond donors (Lipinski definition) is 2. The number of piperidine rings is 1. The van der Waals surface area contributed by atoms with Gasteiger partial charge in [-0.2, -0.15) is 0 Å². The second kappa shape index (κ2) is 7.32. The van der Waals surface area contributed by atoms with Crippen LogP contribution in [0.1, 0.15) is 25.7 Å². The van der Waals surface area contributed by atoms with E-state index >= 15 is 0 Å². The number of carbonyl (C=O) groups is 2. The van der Waals surface area contributed by atoms with Crippen LogP contribution in [0.25, 0.3) is 0 Å². The number of fused-ring (bicyclic) bond motifs is 1. The summed E-state index contributed by atoms with van der Waals surface area (Å²) in [5, 5.41) is 12.3. The van der Waals surface area contributed by atoms with E-state index in [0.29, 0.717) is 38.2 Å². The first-order valence-corrected chi connectivity index (χ1v) is 9.39. The summed E-state index contributed by atoms with van der Waals surface area (Å²) < 4.78 is 5.94. The number of aliphatic hydroxyl groups is 1. The molecule has 3 heterocycles. The van der Waals surface area contributed by atoms with Crippen molar-refractivity contribution in [2.45, 2.75) is 37.9 Å². The van der Waals surface area contributed by atoms with Crippen LogP contribution in [0.15, 0.2) is 24.5 Å². The van der Waals surface area contributed by atoms with Crippen LogP contribution in [-0.4, -0.2) is 58.7 Å². The number of pyridine rings is 1. The molecule has 26 heavy (non-hydrogen) atoms. The molecule has 0 aromatic carbocycles. The molecule has 0 bridgehead atoms. The Kier molecular flexibility index (Phi) is 4.91. The summed E-state index contributed by atoms with van der Waals surface area (Å²) in [6.07, 6.45) is 5.81. The van der Waals surface area contributed by atoms with E-state index in [1.165, 1.54) is 0 Å². The van der Waals surface area contributed by atoms with Crippen LogP contribution in [0, 0.1) is 17.8 Å². The fraction of sp³-hybridized carbons (Fsp3) is 0.632. The Balaban J connectivity index is 1.34. The number of carbonyl (C=O) groups excluding carboxylic acids is 2. The number of aromatic nitrogens is 1. The Hall–Kier alpha value is -1.99. The van der Waals surface area contributed by atoms with Crippen molar-refractivity contribution in [2.24, 2.45) is 17.8 Å². The van der Waals surface area contributed by atoms with E-state index in [4.69, 9.17) is 4.74 Å². The van der Waals surface area contributed by atoms with Gasteiger partial charge in [0.1, 0.15) is 0 Å². The predicted octanol–water partition coefficient (Wildman–Crippen LogP) is 1.04. The van der Waals surface area contributed by atoms with Crippen molar-refractivity contribution < 1.29 is 19.4 Å². The zero-order chi connectivity index (χ0) is 18.1. The number of nitrogens with zero attached hydrogens (tertiary/aromatic N) is 2. The lowest BCUT2D eigenvalue weighted by Gasteiger charge is -2.45. The monoisotopic (exact) mass is 359 g/mol. The summed E-state index contributed by atoms with van der Waals surface area (Å²) >= 11 is 0. The zero-order valence-corrected chi connectivity index (χ0v) is 14.7. The lowest BCUT2D eigenvalue weighted by Crippen LogP contribution is -2.53. The Morgan fingerprint density at radius 1 is 1.27 bits per heavy atom. The standard InChI is InChI=1S/C19H25N3O4/c23-16-7-12(8-16)19(25)22-5-3-17-13(10-22)6-14(11-26-17)18(24)21-15-2-1-4-20-9-15/h1-2,4,9,12-14,16-17,23H,3,5-8,10-11H2,(H,21,24)/t12?,13-,14-,16?,17+/m0/s1. The van der Waals surface area contributed by atoms with Crippen molar-refractivity contribution in [3.8, 4) is 0 Å². The molecule has 3 atom stereocenters. The molecule has 0 spiro atoms. The van der Waals surface area contributed by atoms with Gasteiger partial charge < -0.3 is 20.1 Å². The number of nitrogens with one attached hydrogen (secondary N) is 1. The van der Waals surface area contributed by atoms with Gasteiger partial charge in [-0.15, -0.1) is 0 Å². The molecule has 0 radical (unpaired) electrons. The highest BCUT2D eigenvalue weighted by atomic mass is 16.5. The van der Waals surface area contributed by atoms with Gasteiger partial charge in [0.15, 0.2) is 0 Å². The highest BCUT2D eigenvalue weighted by Crippen LogP contribution is 2.35. The van der Waals surface area contributed by atoms with Gasteiger partial charge in [0, 0.05) is 31.1 Å². The van der Waals surface area contributed by atoms with Crippen molar-refractivity contribution in [3.05, 3.63) is 24.5 Å². The molecule has 1 aliphatic carbocycles. The summed E-state index contributed by atoms with van der Waals surface area (Å²) in [4.78, 5) is 31.0. The normalized spacial score (nSPS) is 33.7. The molecule has 7 nitrogen and oxygen atoms in total. The third-order valence-corrected chi connectivity index (χ3v) is 5.84. The number of amides is 2. The molecule has 2 amide bonds. The average Bonchev–Trinajstić information content (AvgIpc) is 2.65. The van der Waals surface area contributed by atoms with Crippen LogP contribution in [0.2, 0.25) is 0 Å². The topological polar surface area (TPSA) is 91.8 Å². The van der Waals surface area contributed by atoms with Gasteiger partial charge in [-0.25, -0.2) is 0 Å². The van der Waals surface area contributed by atoms with Crippen molar-refractivity contribution in [1.29, 1.82) is 0 Å². The van der Waals surface area contributed by atoms with Crippen LogP contribution >= 0.6 is 0 Å². The second-order valence-electron chi connectivity index (χ2n) is 7.69. The number of hydrogen-bond acceptors (Lipinski definition) is 5.